The summed E-state index contributed by atoms with van der Waals surface area (Å²) < 4.78 is 5.72. The normalized spacial score (nSPS) is 10.4. The zero-order valence-corrected chi connectivity index (χ0v) is 13.5. The van der Waals surface area contributed by atoms with Gasteiger partial charge in [0.05, 0.1) is 23.5 Å². The number of nitrogen functional groups attached to an aromatic ring is 1. The minimum atomic E-state index is 0.187. The molecule has 0 unspecified atom stereocenters. The lowest BCUT2D eigenvalue weighted by Crippen LogP contribution is -1.99. The van der Waals surface area contributed by atoms with E-state index in [2.05, 4.69) is 26.2 Å². The molecular formula is C19H12N6O. The van der Waals surface area contributed by atoms with Gasteiger partial charge in [-0.05, 0) is 24.3 Å². The smallest absolute Gasteiger partial charge is 0.270 e. The summed E-state index contributed by atoms with van der Waals surface area (Å²) in [6.45, 7) is 0. The number of hydrogen-bond donors (Lipinski definition) is 1. The highest BCUT2D eigenvalue weighted by Gasteiger charge is 2.16. The van der Waals surface area contributed by atoms with Gasteiger partial charge in [-0.3, -0.25) is 0 Å². The second kappa shape index (κ2) is 6.45. The molecular weight excluding hydrogens is 328 g/mol. The predicted octanol–water partition coefficient (Wildman–Crippen LogP) is 3.31. The highest BCUT2D eigenvalue weighted by atomic mass is 16.4. The van der Waals surface area contributed by atoms with Gasteiger partial charge < -0.3 is 10.2 Å². The quantitative estimate of drug-likeness (QED) is 0.608. The second-order valence-corrected chi connectivity index (χ2v) is 5.46. The van der Waals surface area contributed by atoms with Crippen LogP contribution in [0, 0.1) is 11.3 Å². The fourth-order valence-corrected chi connectivity index (χ4v) is 2.46. The van der Waals surface area contributed by atoms with Gasteiger partial charge in [0.1, 0.15) is 0 Å². The number of anilines is 1. The van der Waals surface area contributed by atoms with Crippen LogP contribution in [0.15, 0.2) is 65.2 Å². The summed E-state index contributed by atoms with van der Waals surface area (Å²) >= 11 is 0. The first-order valence-corrected chi connectivity index (χ1v) is 7.77. The molecule has 0 amide bonds. The SMILES string of the molecule is N#Cc1cccc(-c2cnc(N)c(-c3nnc(-c4ccccc4)o3)n2)c1. The van der Waals surface area contributed by atoms with Gasteiger partial charge in [0, 0.05) is 11.1 Å². The maximum Gasteiger partial charge on any atom is 0.270 e. The van der Waals surface area contributed by atoms with Crippen molar-refractivity contribution >= 4 is 5.82 Å². The molecule has 2 heterocycles. The van der Waals surface area contributed by atoms with E-state index in [1.165, 1.54) is 0 Å². The van der Waals surface area contributed by atoms with Crippen molar-refractivity contribution in [1.29, 1.82) is 5.26 Å². The average molecular weight is 340 g/mol. The fraction of sp³-hybridized carbons (Fsp3) is 0. The summed E-state index contributed by atoms with van der Waals surface area (Å²) in [5.41, 5.74) is 8.90. The fourth-order valence-electron chi connectivity index (χ4n) is 2.46. The van der Waals surface area contributed by atoms with Crippen LogP contribution in [0.3, 0.4) is 0 Å². The van der Waals surface area contributed by atoms with E-state index in [0.29, 0.717) is 22.8 Å². The van der Waals surface area contributed by atoms with E-state index in [9.17, 15) is 0 Å². The van der Waals surface area contributed by atoms with E-state index in [0.717, 1.165) is 11.1 Å². The molecule has 0 fully saturated rings. The summed E-state index contributed by atoms with van der Waals surface area (Å²) in [5.74, 6) is 0.749. The van der Waals surface area contributed by atoms with E-state index >= 15 is 0 Å². The summed E-state index contributed by atoms with van der Waals surface area (Å²) in [6, 6.07) is 18.6. The first-order valence-electron chi connectivity index (χ1n) is 7.77. The molecule has 4 aromatic rings. The van der Waals surface area contributed by atoms with E-state index in [1.54, 1.807) is 24.4 Å². The van der Waals surface area contributed by atoms with Crippen molar-refractivity contribution < 1.29 is 4.42 Å². The molecule has 2 aromatic heterocycles. The van der Waals surface area contributed by atoms with E-state index in [-0.39, 0.29) is 11.7 Å². The van der Waals surface area contributed by atoms with Crippen LogP contribution >= 0.6 is 0 Å². The topological polar surface area (TPSA) is 115 Å². The van der Waals surface area contributed by atoms with Crippen LogP contribution < -0.4 is 5.73 Å². The third-order valence-electron chi connectivity index (χ3n) is 3.74. The molecule has 0 atom stereocenters. The van der Waals surface area contributed by atoms with Gasteiger partial charge in [-0.25, -0.2) is 9.97 Å². The Labute approximate surface area is 148 Å². The molecule has 0 saturated heterocycles. The van der Waals surface area contributed by atoms with Crippen molar-refractivity contribution in [2.75, 3.05) is 5.73 Å². The Bertz CT molecular complexity index is 1110. The third-order valence-corrected chi connectivity index (χ3v) is 3.74. The molecule has 0 aliphatic rings. The highest BCUT2D eigenvalue weighted by molar-refractivity contribution is 5.69. The van der Waals surface area contributed by atoms with Crippen LogP contribution in [0.4, 0.5) is 5.82 Å². The molecule has 0 aliphatic heterocycles. The van der Waals surface area contributed by atoms with Crippen molar-refractivity contribution in [3.63, 3.8) is 0 Å². The molecule has 124 valence electrons. The number of aromatic nitrogens is 4. The summed E-state index contributed by atoms with van der Waals surface area (Å²) in [7, 11) is 0. The molecule has 2 N–H and O–H groups in total. The van der Waals surface area contributed by atoms with Gasteiger partial charge in [0.2, 0.25) is 5.89 Å². The van der Waals surface area contributed by atoms with Gasteiger partial charge in [0.15, 0.2) is 11.5 Å². The van der Waals surface area contributed by atoms with Crippen molar-refractivity contribution in [3.05, 3.63) is 66.4 Å². The Balaban J connectivity index is 1.76. The highest BCUT2D eigenvalue weighted by Crippen LogP contribution is 2.27. The number of nitrogens with two attached hydrogens (primary N) is 1. The number of benzene rings is 2. The molecule has 7 nitrogen and oxygen atoms in total. The van der Waals surface area contributed by atoms with Crippen LogP contribution in [-0.4, -0.2) is 20.2 Å². The van der Waals surface area contributed by atoms with E-state index in [1.807, 2.05) is 36.4 Å². The zero-order valence-electron chi connectivity index (χ0n) is 13.5. The third kappa shape index (κ3) is 2.87. The Morgan fingerprint density at radius 2 is 1.69 bits per heavy atom. The minimum absolute atomic E-state index is 0.187. The van der Waals surface area contributed by atoms with Crippen molar-refractivity contribution in [2.45, 2.75) is 0 Å². The first kappa shape index (κ1) is 15.5. The maximum absolute atomic E-state index is 9.06. The zero-order chi connectivity index (χ0) is 17.9. The van der Waals surface area contributed by atoms with Gasteiger partial charge in [0.25, 0.3) is 5.89 Å². The van der Waals surface area contributed by atoms with Crippen molar-refractivity contribution in [1.82, 2.24) is 20.2 Å². The molecule has 7 heteroatoms. The van der Waals surface area contributed by atoms with Crippen LogP contribution in [0.1, 0.15) is 5.56 Å². The molecule has 0 aliphatic carbocycles. The molecule has 0 saturated carbocycles. The molecule has 4 rings (SSSR count). The summed E-state index contributed by atoms with van der Waals surface area (Å²) in [4.78, 5) is 8.68. The van der Waals surface area contributed by atoms with Crippen molar-refractivity contribution in [3.8, 4) is 40.4 Å². The lowest BCUT2D eigenvalue weighted by atomic mass is 10.1. The van der Waals surface area contributed by atoms with Crippen LogP contribution in [-0.2, 0) is 0 Å². The largest absolute Gasteiger partial charge is 0.414 e. The van der Waals surface area contributed by atoms with Crippen molar-refractivity contribution in [2.24, 2.45) is 0 Å². The predicted molar refractivity (Wildman–Crippen MR) is 95.3 cm³/mol. The van der Waals surface area contributed by atoms with E-state index < -0.39 is 0 Å². The van der Waals surface area contributed by atoms with Gasteiger partial charge in [-0.1, -0.05) is 30.3 Å². The van der Waals surface area contributed by atoms with E-state index in [4.69, 9.17) is 15.4 Å². The monoisotopic (exact) mass is 340 g/mol. The van der Waals surface area contributed by atoms with Gasteiger partial charge in [-0.15, -0.1) is 10.2 Å². The number of rotatable bonds is 3. The van der Waals surface area contributed by atoms with Gasteiger partial charge in [-0.2, -0.15) is 5.26 Å². The maximum atomic E-state index is 9.06. The van der Waals surface area contributed by atoms with Crippen LogP contribution in [0.5, 0.6) is 0 Å². The number of nitrogens with zero attached hydrogens (tertiary/aromatic N) is 5. The lowest BCUT2D eigenvalue weighted by Gasteiger charge is -2.04. The Kier molecular flexibility index (Phi) is 3.84. The summed E-state index contributed by atoms with van der Waals surface area (Å²) in [6.07, 6.45) is 1.55. The number of nitriles is 1. The first-order chi connectivity index (χ1) is 12.7. The number of hydrogen-bond acceptors (Lipinski definition) is 7. The molecule has 0 radical (unpaired) electrons. The molecule has 2 aromatic carbocycles. The summed E-state index contributed by atoms with van der Waals surface area (Å²) in [5, 5.41) is 17.1. The van der Waals surface area contributed by atoms with Crippen LogP contribution in [0.25, 0.3) is 34.3 Å². The standard InChI is InChI=1S/C19H12N6O/c20-10-12-5-4-8-14(9-12)15-11-22-17(21)16(23-15)19-25-24-18(26-19)13-6-2-1-3-7-13/h1-9,11H,(H2,21,22). The second-order valence-electron chi connectivity index (χ2n) is 5.46. The minimum Gasteiger partial charge on any atom is -0.414 e. The average Bonchev–Trinajstić information content (AvgIpc) is 3.19. The molecule has 0 bridgehead atoms. The van der Waals surface area contributed by atoms with Gasteiger partial charge >= 0.3 is 0 Å². The Hall–Kier alpha value is -4.05. The Morgan fingerprint density at radius 3 is 2.50 bits per heavy atom. The molecule has 26 heavy (non-hydrogen) atoms. The Morgan fingerprint density at radius 1 is 0.923 bits per heavy atom. The molecule has 0 spiro atoms. The lowest BCUT2D eigenvalue weighted by molar-refractivity contribution is 0.582. The van der Waals surface area contributed by atoms with Crippen LogP contribution in [0.2, 0.25) is 0 Å².